The first kappa shape index (κ1) is 14.4. The lowest BCUT2D eigenvalue weighted by Crippen LogP contribution is -2.37. The molecule has 2 heterocycles. The Hall–Kier alpha value is -2.97. The first-order chi connectivity index (χ1) is 10.1. The van der Waals surface area contributed by atoms with Gasteiger partial charge in [0.1, 0.15) is 0 Å². The predicted molar refractivity (Wildman–Crippen MR) is 71.5 cm³/mol. The van der Waals surface area contributed by atoms with Crippen LogP contribution in [0.1, 0.15) is 16.1 Å². The van der Waals surface area contributed by atoms with E-state index in [9.17, 15) is 9.59 Å². The number of pyridine rings is 1. The largest absolute Gasteiger partial charge is 0.478 e. The van der Waals surface area contributed by atoms with E-state index in [-0.39, 0.29) is 18.1 Å². The van der Waals surface area contributed by atoms with Gasteiger partial charge in [-0.05, 0) is 12.1 Å². The lowest BCUT2D eigenvalue weighted by Gasteiger charge is -2.07. The van der Waals surface area contributed by atoms with Crippen molar-refractivity contribution in [2.75, 3.05) is 6.54 Å². The molecule has 2 amide bonds. The second kappa shape index (κ2) is 6.98. The lowest BCUT2D eigenvalue weighted by molar-refractivity contribution is 0.0696. The van der Waals surface area contributed by atoms with Gasteiger partial charge in [0.25, 0.3) is 0 Å². The average molecular weight is 290 g/mol. The van der Waals surface area contributed by atoms with Gasteiger partial charge in [-0.2, -0.15) is 0 Å². The van der Waals surface area contributed by atoms with Crippen LogP contribution in [0.4, 0.5) is 4.79 Å². The fourth-order valence-electron chi connectivity index (χ4n) is 1.58. The number of aromatic carboxylic acids is 1. The summed E-state index contributed by atoms with van der Waals surface area (Å²) >= 11 is 0. The van der Waals surface area contributed by atoms with Crippen molar-refractivity contribution in [3.63, 3.8) is 0 Å². The van der Waals surface area contributed by atoms with Gasteiger partial charge < -0.3 is 15.7 Å². The molecule has 0 bridgehead atoms. The molecule has 0 atom stereocenters. The summed E-state index contributed by atoms with van der Waals surface area (Å²) < 4.78 is 1.60. The molecule has 0 radical (unpaired) electrons. The number of hydrogen-bond donors (Lipinski definition) is 3. The molecule has 9 heteroatoms. The number of amides is 2. The minimum absolute atomic E-state index is 0.133. The molecule has 2 rings (SSSR count). The predicted octanol–water partition coefficient (Wildman–Crippen LogP) is -0.129. The van der Waals surface area contributed by atoms with Crippen molar-refractivity contribution in [1.82, 2.24) is 30.6 Å². The molecule has 21 heavy (non-hydrogen) atoms. The summed E-state index contributed by atoms with van der Waals surface area (Å²) in [5, 5.41) is 21.5. The third-order valence-electron chi connectivity index (χ3n) is 2.59. The monoisotopic (exact) mass is 290 g/mol. The fourth-order valence-corrected chi connectivity index (χ4v) is 1.58. The summed E-state index contributed by atoms with van der Waals surface area (Å²) in [6, 6.07) is 2.44. The molecule has 0 aliphatic carbocycles. The highest BCUT2D eigenvalue weighted by atomic mass is 16.4. The zero-order valence-corrected chi connectivity index (χ0v) is 11.1. The Morgan fingerprint density at radius 3 is 2.86 bits per heavy atom. The summed E-state index contributed by atoms with van der Waals surface area (Å²) in [7, 11) is 0. The lowest BCUT2D eigenvalue weighted by atomic mass is 10.2. The number of carboxylic acids is 1. The van der Waals surface area contributed by atoms with E-state index in [0.717, 1.165) is 0 Å². The van der Waals surface area contributed by atoms with Gasteiger partial charge in [-0.1, -0.05) is 5.21 Å². The number of nitrogens with zero attached hydrogens (tertiary/aromatic N) is 4. The topological polar surface area (TPSA) is 122 Å². The standard InChI is InChI=1S/C12H14N6O3/c19-11(20)9-1-2-13-10(7-9)8-15-12(21)14-3-5-18-6-4-16-17-18/h1-2,4,6-7H,3,5,8H2,(H,19,20)(H2,14,15,21). The number of aromatic nitrogens is 4. The number of carbonyl (C=O) groups is 2. The molecule has 0 aliphatic rings. The van der Waals surface area contributed by atoms with E-state index in [0.29, 0.717) is 18.8 Å². The van der Waals surface area contributed by atoms with Crippen molar-refractivity contribution >= 4 is 12.0 Å². The van der Waals surface area contributed by atoms with Crippen LogP contribution < -0.4 is 10.6 Å². The minimum atomic E-state index is -1.03. The van der Waals surface area contributed by atoms with Crippen molar-refractivity contribution in [1.29, 1.82) is 0 Å². The number of nitrogens with one attached hydrogen (secondary N) is 2. The number of carboxylic acid groups (broad SMARTS) is 1. The van der Waals surface area contributed by atoms with Crippen LogP contribution in [0.3, 0.4) is 0 Å². The SMILES string of the molecule is O=C(NCCn1ccnn1)NCc1cc(C(=O)O)ccn1. The van der Waals surface area contributed by atoms with E-state index >= 15 is 0 Å². The second-order valence-corrected chi connectivity index (χ2v) is 4.12. The third kappa shape index (κ3) is 4.56. The molecule has 0 aromatic carbocycles. The molecule has 2 aromatic rings. The molecule has 2 aromatic heterocycles. The highest BCUT2D eigenvalue weighted by Crippen LogP contribution is 2.01. The first-order valence-electron chi connectivity index (χ1n) is 6.19. The van der Waals surface area contributed by atoms with E-state index in [4.69, 9.17) is 5.11 Å². The normalized spacial score (nSPS) is 10.1. The average Bonchev–Trinajstić information content (AvgIpc) is 2.99. The molecule has 110 valence electrons. The van der Waals surface area contributed by atoms with Crippen LogP contribution in [0.15, 0.2) is 30.7 Å². The van der Waals surface area contributed by atoms with Crippen LogP contribution in [0.25, 0.3) is 0 Å². The molecule has 0 aliphatic heterocycles. The van der Waals surface area contributed by atoms with Crippen LogP contribution in [0, 0.1) is 0 Å². The van der Waals surface area contributed by atoms with Gasteiger partial charge in [0.2, 0.25) is 0 Å². The third-order valence-corrected chi connectivity index (χ3v) is 2.59. The van der Waals surface area contributed by atoms with Crippen LogP contribution >= 0.6 is 0 Å². The van der Waals surface area contributed by atoms with Crippen molar-refractivity contribution < 1.29 is 14.7 Å². The Kier molecular flexibility index (Phi) is 4.80. The number of rotatable bonds is 6. The quantitative estimate of drug-likeness (QED) is 0.681. The highest BCUT2D eigenvalue weighted by molar-refractivity contribution is 5.87. The molecule has 0 unspecified atom stereocenters. The molecule has 0 saturated carbocycles. The number of carbonyl (C=O) groups excluding carboxylic acids is 1. The maximum absolute atomic E-state index is 11.6. The Labute approximate surface area is 120 Å². The van der Waals surface area contributed by atoms with Crippen molar-refractivity contribution in [2.24, 2.45) is 0 Å². The first-order valence-corrected chi connectivity index (χ1v) is 6.19. The zero-order valence-electron chi connectivity index (χ0n) is 11.1. The van der Waals surface area contributed by atoms with Gasteiger partial charge in [-0.25, -0.2) is 9.59 Å². The van der Waals surface area contributed by atoms with Gasteiger partial charge in [-0.15, -0.1) is 5.10 Å². The summed E-state index contributed by atoms with van der Waals surface area (Å²) in [6.45, 7) is 1.06. The van der Waals surface area contributed by atoms with Gasteiger partial charge in [0.15, 0.2) is 0 Å². The molecule has 0 spiro atoms. The Morgan fingerprint density at radius 1 is 1.29 bits per heavy atom. The zero-order chi connectivity index (χ0) is 15.1. The molecule has 9 nitrogen and oxygen atoms in total. The number of urea groups is 1. The molecular weight excluding hydrogens is 276 g/mol. The molecule has 3 N–H and O–H groups in total. The summed E-state index contributed by atoms with van der Waals surface area (Å²) in [5.41, 5.74) is 0.606. The van der Waals surface area contributed by atoms with Gasteiger partial charge in [0.05, 0.1) is 30.5 Å². The van der Waals surface area contributed by atoms with Crippen molar-refractivity contribution in [3.8, 4) is 0 Å². The number of hydrogen-bond acceptors (Lipinski definition) is 5. The van der Waals surface area contributed by atoms with Gasteiger partial charge >= 0.3 is 12.0 Å². The Morgan fingerprint density at radius 2 is 2.14 bits per heavy atom. The van der Waals surface area contributed by atoms with E-state index in [1.807, 2.05) is 0 Å². The molecule has 0 saturated heterocycles. The summed E-state index contributed by atoms with van der Waals surface area (Å²) in [4.78, 5) is 26.3. The van der Waals surface area contributed by atoms with Gasteiger partial charge in [-0.3, -0.25) is 9.67 Å². The minimum Gasteiger partial charge on any atom is -0.478 e. The van der Waals surface area contributed by atoms with Gasteiger partial charge in [0, 0.05) is 18.9 Å². The van der Waals surface area contributed by atoms with E-state index in [1.165, 1.54) is 18.3 Å². The molecule has 0 fully saturated rings. The van der Waals surface area contributed by atoms with Crippen LogP contribution in [0.5, 0.6) is 0 Å². The van der Waals surface area contributed by atoms with Crippen molar-refractivity contribution in [3.05, 3.63) is 42.0 Å². The van der Waals surface area contributed by atoms with Crippen LogP contribution in [0.2, 0.25) is 0 Å². The Bertz CT molecular complexity index is 613. The fraction of sp³-hybridized carbons (Fsp3) is 0.250. The van der Waals surface area contributed by atoms with E-state index in [1.54, 1.807) is 17.1 Å². The van der Waals surface area contributed by atoms with Crippen LogP contribution in [-0.4, -0.2) is 43.6 Å². The van der Waals surface area contributed by atoms with E-state index in [2.05, 4.69) is 25.9 Å². The van der Waals surface area contributed by atoms with Crippen LogP contribution in [-0.2, 0) is 13.1 Å². The highest BCUT2D eigenvalue weighted by Gasteiger charge is 2.05. The van der Waals surface area contributed by atoms with Crippen molar-refractivity contribution in [2.45, 2.75) is 13.1 Å². The maximum Gasteiger partial charge on any atom is 0.335 e. The smallest absolute Gasteiger partial charge is 0.335 e. The maximum atomic E-state index is 11.6. The second-order valence-electron chi connectivity index (χ2n) is 4.12. The molecular formula is C12H14N6O3. The summed E-state index contributed by atoms with van der Waals surface area (Å²) in [5.74, 6) is -1.03. The van der Waals surface area contributed by atoms with E-state index < -0.39 is 5.97 Å². The Balaban J connectivity index is 1.73. The summed E-state index contributed by atoms with van der Waals surface area (Å²) in [6.07, 6.45) is 4.64.